The van der Waals surface area contributed by atoms with Crippen molar-refractivity contribution in [3.63, 3.8) is 0 Å². The highest BCUT2D eigenvalue weighted by atomic mass is 16.5. The third-order valence-electron chi connectivity index (χ3n) is 4.26. The molecule has 0 saturated heterocycles. The maximum absolute atomic E-state index is 12.8. The summed E-state index contributed by atoms with van der Waals surface area (Å²) in [5, 5.41) is 2.99. The van der Waals surface area contributed by atoms with E-state index in [9.17, 15) is 4.79 Å². The van der Waals surface area contributed by atoms with E-state index in [4.69, 9.17) is 18.9 Å². The van der Waals surface area contributed by atoms with Crippen molar-refractivity contribution < 1.29 is 23.7 Å². The molecule has 0 aliphatic heterocycles. The van der Waals surface area contributed by atoms with Gasteiger partial charge in [-0.15, -0.1) is 0 Å². The second-order valence-corrected chi connectivity index (χ2v) is 6.00. The van der Waals surface area contributed by atoms with E-state index in [1.807, 2.05) is 44.2 Å². The van der Waals surface area contributed by atoms with Gasteiger partial charge in [-0.3, -0.25) is 4.79 Å². The number of methoxy groups -OCH3 is 3. The van der Waals surface area contributed by atoms with E-state index in [2.05, 4.69) is 5.32 Å². The van der Waals surface area contributed by atoms with E-state index in [1.165, 1.54) is 0 Å². The summed E-state index contributed by atoms with van der Waals surface area (Å²) in [5.74, 6) is 2.30. The van der Waals surface area contributed by atoms with Crippen molar-refractivity contribution in [2.45, 2.75) is 32.4 Å². The molecule has 27 heavy (non-hydrogen) atoms. The monoisotopic (exact) mass is 373 g/mol. The molecule has 6 heteroatoms. The van der Waals surface area contributed by atoms with Crippen molar-refractivity contribution in [3.8, 4) is 23.0 Å². The van der Waals surface area contributed by atoms with Gasteiger partial charge in [0, 0.05) is 5.56 Å². The van der Waals surface area contributed by atoms with Gasteiger partial charge in [0.2, 0.25) is 0 Å². The largest absolute Gasteiger partial charge is 0.497 e. The summed E-state index contributed by atoms with van der Waals surface area (Å²) >= 11 is 0. The second-order valence-electron chi connectivity index (χ2n) is 6.00. The van der Waals surface area contributed by atoms with Crippen molar-refractivity contribution in [1.29, 1.82) is 0 Å². The SMILES string of the molecule is CC[C@@H](Oc1ccccc1OC)C(=O)N[C@@H](C)c1cc(OC)ccc1OC. The van der Waals surface area contributed by atoms with Crippen LogP contribution in [0.2, 0.25) is 0 Å². The number of hydrogen-bond acceptors (Lipinski definition) is 5. The smallest absolute Gasteiger partial charge is 0.261 e. The lowest BCUT2D eigenvalue weighted by Crippen LogP contribution is -2.39. The van der Waals surface area contributed by atoms with Gasteiger partial charge in [-0.05, 0) is 43.7 Å². The molecule has 2 rings (SSSR count). The number of carbonyl (C=O) groups is 1. The Balaban J connectivity index is 2.14. The van der Waals surface area contributed by atoms with Gasteiger partial charge < -0.3 is 24.3 Å². The van der Waals surface area contributed by atoms with Crippen LogP contribution in [0.3, 0.4) is 0 Å². The number of benzene rings is 2. The predicted octanol–water partition coefficient (Wildman–Crippen LogP) is 3.75. The molecule has 2 aromatic rings. The van der Waals surface area contributed by atoms with E-state index >= 15 is 0 Å². The highest BCUT2D eigenvalue weighted by Crippen LogP contribution is 2.30. The van der Waals surface area contributed by atoms with Crippen LogP contribution in [0.25, 0.3) is 0 Å². The summed E-state index contributed by atoms with van der Waals surface area (Å²) in [5.41, 5.74) is 0.831. The van der Waals surface area contributed by atoms with Gasteiger partial charge in [0.25, 0.3) is 5.91 Å². The highest BCUT2D eigenvalue weighted by molar-refractivity contribution is 5.81. The zero-order chi connectivity index (χ0) is 19.8. The molecule has 0 saturated carbocycles. The van der Waals surface area contributed by atoms with Crippen molar-refractivity contribution in [2.24, 2.45) is 0 Å². The number of amides is 1. The molecule has 0 aliphatic rings. The minimum Gasteiger partial charge on any atom is -0.497 e. The molecule has 1 N–H and O–H groups in total. The normalized spacial score (nSPS) is 12.6. The first-order chi connectivity index (χ1) is 13.0. The Kier molecular flexibility index (Phi) is 7.34. The van der Waals surface area contributed by atoms with Crippen molar-refractivity contribution in [1.82, 2.24) is 5.32 Å². The van der Waals surface area contributed by atoms with E-state index in [0.29, 0.717) is 29.4 Å². The molecule has 146 valence electrons. The Labute approximate surface area is 160 Å². The van der Waals surface area contributed by atoms with Gasteiger partial charge >= 0.3 is 0 Å². The molecular weight excluding hydrogens is 346 g/mol. The van der Waals surface area contributed by atoms with E-state index < -0.39 is 6.10 Å². The Bertz CT molecular complexity index is 762. The summed E-state index contributed by atoms with van der Waals surface area (Å²) < 4.78 is 21.9. The van der Waals surface area contributed by atoms with Gasteiger partial charge in [-0.25, -0.2) is 0 Å². The topological polar surface area (TPSA) is 66.0 Å². The molecular formula is C21H27NO5. The lowest BCUT2D eigenvalue weighted by Gasteiger charge is -2.23. The van der Waals surface area contributed by atoms with Crippen molar-refractivity contribution >= 4 is 5.91 Å². The number of nitrogens with one attached hydrogen (secondary N) is 1. The van der Waals surface area contributed by atoms with Gasteiger partial charge in [0.05, 0.1) is 27.4 Å². The Hall–Kier alpha value is -2.89. The van der Waals surface area contributed by atoms with Crippen LogP contribution in [0, 0.1) is 0 Å². The van der Waals surface area contributed by atoms with Crippen LogP contribution >= 0.6 is 0 Å². The molecule has 0 aliphatic carbocycles. The summed E-state index contributed by atoms with van der Waals surface area (Å²) in [4.78, 5) is 12.8. The standard InChI is InChI=1S/C21H27NO5/c1-6-17(27-20-10-8-7-9-19(20)26-5)21(23)22-14(2)16-13-15(24-3)11-12-18(16)25-4/h7-14,17H,6H2,1-5H3,(H,22,23)/t14-,17+/m0/s1. The number of para-hydroxylation sites is 2. The minimum absolute atomic E-state index is 0.208. The molecule has 0 radical (unpaired) electrons. The fourth-order valence-corrected chi connectivity index (χ4v) is 2.75. The van der Waals surface area contributed by atoms with Crippen LogP contribution in [-0.2, 0) is 4.79 Å². The second kappa shape index (κ2) is 9.71. The molecule has 0 fully saturated rings. The zero-order valence-corrected chi connectivity index (χ0v) is 16.4. The molecule has 0 aromatic heterocycles. The molecule has 2 aromatic carbocycles. The Morgan fingerprint density at radius 2 is 1.63 bits per heavy atom. The van der Waals surface area contributed by atoms with Crippen LogP contribution in [-0.4, -0.2) is 33.3 Å². The zero-order valence-electron chi connectivity index (χ0n) is 16.4. The van der Waals surface area contributed by atoms with Crippen LogP contribution in [0.1, 0.15) is 31.9 Å². The minimum atomic E-state index is -0.639. The molecule has 0 unspecified atom stereocenters. The number of carbonyl (C=O) groups excluding carboxylic acids is 1. The molecule has 0 bridgehead atoms. The van der Waals surface area contributed by atoms with Gasteiger partial charge in [0.15, 0.2) is 17.6 Å². The number of hydrogen-bond donors (Lipinski definition) is 1. The first-order valence-electron chi connectivity index (χ1n) is 8.86. The van der Waals surface area contributed by atoms with Gasteiger partial charge in [-0.2, -0.15) is 0 Å². The van der Waals surface area contributed by atoms with E-state index in [0.717, 1.165) is 5.56 Å². The average molecular weight is 373 g/mol. The fourth-order valence-electron chi connectivity index (χ4n) is 2.75. The average Bonchev–Trinajstić information content (AvgIpc) is 2.71. The van der Waals surface area contributed by atoms with Gasteiger partial charge in [-0.1, -0.05) is 19.1 Å². The Morgan fingerprint density at radius 1 is 0.963 bits per heavy atom. The van der Waals surface area contributed by atoms with Gasteiger partial charge in [0.1, 0.15) is 11.5 Å². The summed E-state index contributed by atoms with van der Waals surface area (Å²) in [6, 6.07) is 12.5. The first-order valence-corrected chi connectivity index (χ1v) is 8.86. The van der Waals surface area contributed by atoms with Crippen LogP contribution in [0.5, 0.6) is 23.0 Å². The maximum atomic E-state index is 12.8. The van der Waals surface area contributed by atoms with Crippen LogP contribution < -0.4 is 24.3 Å². The molecule has 0 heterocycles. The fraction of sp³-hybridized carbons (Fsp3) is 0.381. The molecule has 2 atom stereocenters. The number of ether oxygens (including phenoxy) is 4. The summed E-state index contributed by atoms with van der Waals surface area (Å²) in [6.45, 7) is 3.79. The van der Waals surface area contributed by atoms with Crippen LogP contribution in [0.15, 0.2) is 42.5 Å². The Morgan fingerprint density at radius 3 is 2.22 bits per heavy atom. The van der Waals surface area contributed by atoms with Crippen molar-refractivity contribution in [3.05, 3.63) is 48.0 Å². The lowest BCUT2D eigenvalue weighted by atomic mass is 10.1. The number of rotatable bonds is 9. The summed E-state index contributed by atoms with van der Waals surface area (Å²) in [7, 11) is 4.77. The highest BCUT2D eigenvalue weighted by Gasteiger charge is 2.23. The third-order valence-corrected chi connectivity index (χ3v) is 4.26. The van der Waals surface area contributed by atoms with E-state index in [-0.39, 0.29) is 11.9 Å². The van der Waals surface area contributed by atoms with Crippen molar-refractivity contribution in [2.75, 3.05) is 21.3 Å². The first kappa shape index (κ1) is 20.4. The molecule has 0 spiro atoms. The quantitative estimate of drug-likeness (QED) is 0.725. The molecule has 1 amide bonds. The summed E-state index contributed by atoms with van der Waals surface area (Å²) in [6.07, 6.45) is -0.119. The third kappa shape index (κ3) is 5.06. The molecule has 6 nitrogen and oxygen atoms in total. The van der Waals surface area contributed by atoms with Crippen LogP contribution in [0.4, 0.5) is 0 Å². The van der Waals surface area contributed by atoms with E-state index in [1.54, 1.807) is 33.5 Å². The predicted molar refractivity (Wildman–Crippen MR) is 104 cm³/mol. The maximum Gasteiger partial charge on any atom is 0.261 e. The lowest BCUT2D eigenvalue weighted by molar-refractivity contribution is -0.128.